The fourth-order valence-electron chi connectivity index (χ4n) is 2.61. The predicted octanol–water partition coefficient (Wildman–Crippen LogP) is 0.628. The van der Waals surface area contributed by atoms with Crippen molar-refractivity contribution in [2.45, 2.75) is 44.6 Å². The molecule has 2 rings (SSSR count). The number of alkyl carbamates (subject to hydrolysis) is 1. The van der Waals surface area contributed by atoms with Crippen LogP contribution in [0.5, 0.6) is 0 Å². The van der Waals surface area contributed by atoms with Gasteiger partial charge in [0.25, 0.3) is 5.91 Å². The lowest BCUT2D eigenvalue weighted by molar-refractivity contribution is -0.117. The third-order valence-corrected chi connectivity index (χ3v) is 6.77. The molecule has 1 N–H and O–H groups in total. The standard InChI is InChI=1S/C14H23N3O5S2/c1-5-17-9-7-24(20,21)8-10(9)23-12(17)16-11(18)6-15-13(19)22-14(2,3)4/h9-10H,5-8H2,1-4H3,(H,15,19). The van der Waals surface area contributed by atoms with Gasteiger partial charge in [-0.25, -0.2) is 13.2 Å². The van der Waals surface area contributed by atoms with Crippen LogP contribution in [0.15, 0.2) is 4.99 Å². The van der Waals surface area contributed by atoms with Gasteiger partial charge in [-0.3, -0.25) is 4.79 Å². The summed E-state index contributed by atoms with van der Waals surface area (Å²) >= 11 is 1.32. The second kappa shape index (κ2) is 6.91. The summed E-state index contributed by atoms with van der Waals surface area (Å²) in [5.74, 6) is -0.283. The van der Waals surface area contributed by atoms with E-state index < -0.39 is 27.4 Å². The topological polar surface area (TPSA) is 105 Å². The number of sulfone groups is 1. The molecule has 0 aromatic rings. The van der Waals surface area contributed by atoms with Crippen molar-refractivity contribution < 1.29 is 22.7 Å². The summed E-state index contributed by atoms with van der Waals surface area (Å²) in [5, 5.41) is 2.81. The largest absolute Gasteiger partial charge is 0.444 e. The van der Waals surface area contributed by atoms with E-state index >= 15 is 0 Å². The maximum Gasteiger partial charge on any atom is 0.408 e. The molecule has 2 unspecified atom stereocenters. The van der Waals surface area contributed by atoms with Crippen molar-refractivity contribution in [2.24, 2.45) is 4.99 Å². The molecule has 0 aromatic carbocycles. The van der Waals surface area contributed by atoms with Crippen LogP contribution in [0.4, 0.5) is 4.79 Å². The molecule has 2 saturated heterocycles. The molecule has 136 valence electrons. The quantitative estimate of drug-likeness (QED) is 0.769. The fraction of sp³-hybridized carbons (Fsp3) is 0.786. The molecule has 2 fully saturated rings. The highest BCUT2D eigenvalue weighted by Gasteiger charge is 2.48. The second-order valence-corrected chi connectivity index (χ2v) is 10.1. The summed E-state index contributed by atoms with van der Waals surface area (Å²) in [6.45, 7) is 7.41. The zero-order valence-corrected chi connectivity index (χ0v) is 15.9. The summed E-state index contributed by atoms with van der Waals surface area (Å²) in [4.78, 5) is 29.4. The minimum Gasteiger partial charge on any atom is -0.444 e. The number of aliphatic imine (C=N–C) groups is 1. The molecule has 2 heterocycles. The van der Waals surface area contributed by atoms with E-state index in [0.29, 0.717) is 11.7 Å². The van der Waals surface area contributed by atoms with Gasteiger partial charge in [-0.1, -0.05) is 11.8 Å². The van der Waals surface area contributed by atoms with Gasteiger partial charge in [0, 0.05) is 11.8 Å². The van der Waals surface area contributed by atoms with E-state index in [-0.39, 0.29) is 29.3 Å². The Morgan fingerprint density at radius 2 is 2.04 bits per heavy atom. The highest BCUT2D eigenvalue weighted by atomic mass is 32.2. The first kappa shape index (κ1) is 19.0. The highest BCUT2D eigenvalue weighted by Crippen LogP contribution is 2.37. The first-order valence-corrected chi connectivity index (χ1v) is 10.4. The maximum absolute atomic E-state index is 12.0. The fourth-order valence-corrected chi connectivity index (χ4v) is 6.65. The SMILES string of the molecule is CCN1C(=NC(=O)CNC(=O)OC(C)(C)C)SC2CS(=O)(=O)CC21. The van der Waals surface area contributed by atoms with Crippen LogP contribution in [-0.2, 0) is 19.4 Å². The van der Waals surface area contributed by atoms with Gasteiger partial charge < -0.3 is 15.0 Å². The third-order valence-electron chi connectivity index (χ3n) is 3.52. The normalized spacial score (nSPS) is 27.2. The summed E-state index contributed by atoms with van der Waals surface area (Å²) < 4.78 is 28.5. The zero-order valence-electron chi connectivity index (χ0n) is 14.2. The lowest BCUT2D eigenvalue weighted by Crippen LogP contribution is -2.38. The molecule has 0 bridgehead atoms. The number of thioether (sulfide) groups is 1. The van der Waals surface area contributed by atoms with Gasteiger partial charge in [-0.05, 0) is 27.7 Å². The molecule has 8 nitrogen and oxygen atoms in total. The van der Waals surface area contributed by atoms with Crippen LogP contribution in [0.3, 0.4) is 0 Å². The second-order valence-electron chi connectivity index (χ2n) is 6.73. The third kappa shape index (κ3) is 4.85. The van der Waals surface area contributed by atoms with E-state index in [4.69, 9.17) is 4.74 Å². The highest BCUT2D eigenvalue weighted by molar-refractivity contribution is 8.15. The van der Waals surface area contributed by atoms with E-state index in [2.05, 4.69) is 10.3 Å². The van der Waals surface area contributed by atoms with Crippen LogP contribution in [0.25, 0.3) is 0 Å². The van der Waals surface area contributed by atoms with Crippen molar-refractivity contribution in [1.82, 2.24) is 10.2 Å². The number of ether oxygens (including phenoxy) is 1. The van der Waals surface area contributed by atoms with Crippen LogP contribution in [0.1, 0.15) is 27.7 Å². The molecule has 0 radical (unpaired) electrons. The molecule has 0 aromatic heterocycles. The van der Waals surface area contributed by atoms with Crippen LogP contribution >= 0.6 is 11.8 Å². The number of amides is 2. The molecule has 2 amide bonds. The van der Waals surface area contributed by atoms with Gasteiger partial charge in [0.2, 0.25) is 0 Å². The number of nitrogens with zero attached hydrogens (tertiary/aromatic N) is 2. The lowest BCUT2D eigenvalue weighted by Gasteiger charge is -2.22. The summed E-state index contributed by atoms with van der Waals surface area (Å²) in [6.07, 6.45) is -0.676. The number of hydrogen-bond acceptors (Lipinski definition) is 6. The van der Waals surface area contributed by atoms with E-state index in [1.165, 1.54) is 11.8 Å². The van der Waals surface area contributed by atoms with E-state index in [9.17, 15) is 18.0 Å². The van der Waals surface area contributed by atoms with Gasteiger partial charge in [0.05, 0.1) is 17.5 Å². The van der Waals surface area contributed by atoms with Gasteiger partial charge in [-0.2, -0.15) is 4.99 Å². The van der Waals surface area contributed by atoms with Crippen molar-refractivity contribution in [2.75, 3.05) is 24.6 Å². The molecule has 10 heteroatoms. The van der Waals surface area contributed by atoms with Gasteiger partial charge in [0.15, 0.2) is 15.0 Å². The number of rotatable bonds is 3. The van der Waals surface area contributed by atoms with Crippen molar-refractivity contribution >= 4 is 38.8 Å². The molecule has 2 atom stereocenters. The predicted molar refractivity (Wildman–Crippen MR) is 92.9 cm³/mol. The monoisotopic (exact) mass is 377 g/mol. The van der Waals surface area contributed by atoms with Crippen LogP contribution in [0.2, 0.25) is 0 Å². The number of hydrogen-bond donors (Lipinski definition) is 1. The summed E-state index contributed by atoms with van der Waals surface area (Å²) in [7, 11) is -3.02. The summed E-state index contributed by atoms with van der Waals surface area (Å²) in [6, 6.07) is -0.129. The number of carbonyl (C=O) groups excluding carboxylic acids is 2. The van der Waals surface area contributed by atoms with E-state index in [1.807, 2.05) is 11.8 Å². The van der Waals surface area contributed by atoms with Crippen molar-refractivity contribution in [3.05, 3.63) is 0 Å². The number of amidine groups is 1. The Bertz CT molecular complexity index is 654. The first-order valence-electron chi connectivity index (χ1n) is 7.73. The minimum atomic E-state index is -3.02. The molecule has 2 aliphatic rings. The van der Waals surface area contributed by atoms with Crippen molar-refractivity contribution in [3.8, 4) is 0 Å². The Balaban J connectivity index is 1.94. The molecule has 0 spiro atoms. The Hall–Kier alpha value is -1.29. The Morgan fingerprint density at radius 1 is 1.38 bits per heavy atom. The Labute approximate surface area is 146 Å². The molecular formula is C14H23N3O5S2. The molecule has 2 aliphatic heterocycles. The molecule has 24 heavy (non-hydrogen) atoms. The number of nitrogens with one attached hydrogen (secondary N) is 1. The average molecular weight is 377 g/mol. The molecule has 0 saturated carbocycles. The molecular weight excluding hydrogens is 354 g/mol. The van der Waals surface area contributed by atoms with Crippen LogP contribution < -0.4 is 5.32 Å². The Morgan fingerprint density at radius 3 is 2.62 bits per heavy atom. The zero-order chi connectivity index (χ0) is 18.1. The Kier molecular flexibility index (Phi) is 5.48. The van der Waals surface area contributed by atoms with Crippen LogP contribution in [0, 0.1) is 0 Å². The number of carbonyl (C=O) groups is 2. The molecule has 0 aliphatic carbocycles. The first-order chi connectivity index (χ1) is 11.0. The van der Waals surface area contributed by atoms with Crippen molar-refractivity contribution in [1.29, 1.82) is 0 Å². The van der Waals surface area contributed by atoms with Gasteiger partial charge in [0.1, 0.15) is 12.1 Å². The van der Waals surface area contributed by atoms with Gasteiger partial charge >= 0.3 is 6.09 Å². The average Bonchev–Trinajstić information content (AvgIpc) is 2.85. The van der Waals surface area contributed by atoms with Crippen LogP contribution in [-0.4, -0.2) is 72.0 Å². The maximum atomic E-state index is 12.0. The van der Waals surface area contributed by atoms with E-state index in [0.717, 1.165) is 0 Å². The van der Waals surface area contributed by atoms with Gasteiger partial charge in [-0.15, -0.1) is 0 Å². The van der Waals surface area contributed by atoms with E-state index in [1.54, 1.807) is 20.8 Å². The smallest absolute Gasteiger partial charge is 0.408 e. The summed E-state index contributed by atoms with van der Waals surface area (Å²) in [5.41, 5.74) is -0.637. The lowest BCUT2D eigenvalue weighted by atomic mass is 10.2. The van der Waals surface area contributed by atoms with Crippen molar-refractivity contribution in [3.63, 3.8) is 0 Å². The number of fused-ring (bicyclic) bond motifs is 1. The minimum absolute atomic E-state index is 0.0830.